The lowest BCUT2D eigenvalue weighted by molar-refractivity contribution is -0.121. The molecule has 0 bridgehead atoms. The molecule has 3 aliphatic rings. The summed E-state index contributed by atoms with van der Waals surface area (Å²) in [5.41, 5.74) is 0.407. The smallest absolute Gasteiger partial charge is 0.408 e. The fourth-order valence-corrected chi connectivity index (χ4v) is 3.57. The summed E-state index contributed by atoms with van der Waals surface area (Å²) in [5, 5.41) is 9.21. The molecule has 3 aliphatic heterocycles. The fourth-order valence-electron chi connectivity index (χ4n) is 3.57. The second-order valence-corrected chi connectivity index (χ2v) is 9.00. The first-order valence-corrected chi connectivity index (χ1v) is 9.83. The highest BCUT2D eigenvalue weighted by Gasteiger charge is 2.37. The molecule has 160 valence electrons. The van der Waals surface area contributed by atoms with Crippen molar-refractivity contribution >= 4 is 23.7 Å². The van der Waals surface area contributed by atoms with E-state index < -0.39 is 23.1 Å². The molecule has 9 nitrogen and oxygen atoms in total. The molecule has 1 atom stereocenters. The number of rotatable bonds is 2. The quantitative estimate of drug-likeness (QED) is 0.678. The van der Waals surface area contributed by atoms with Crippen molar-refractivity contribution in [2.24, 2.45) is 10.1 Å². The van der Waals surface area contributed by atoms with Crippen LogP contribution in [-0.4, -0.2) is 70.4 Å². The minimum Gasteiger partial charge on any atom is -0.444 e. The van der Waals surface area contributed by atoms with Crippen LogP contribution in [-0.2, 0) is 9.53 Å². The Morgan fingerprint density at radius 3 is 2.55 bits per heavy atom. The van der Waals surface area contributed by atoms with E-state index in [-0.39, 0.29) is 11.6 Å². The van der Waals surface area contributed by atoms with Crippen LogP contribution in [0.2, 0.25) is 0 Å². The van der Waals surface area contributed by atoms with Gasteiger partial charge in [0.1, 0.15) is 11.4 Å². The van der Waals surface area contributed by atoms with Crippen molar-refractivity contribution in [2.75, 3.05) is 19.6 Å². The molecule has 1 saturated heterocycles. The molecular formula is C19H29FN6O3. The summed E-state index contributed by atoms with van der Waals surface area (Å²) in [6.45, 7) is 11.2. The third-order valence-electron chi connectivity index (χ3n) is 5.09. The molecule has 0 saturated carbocycles. The number of nitrogens with one attached hydrogen (secondary N) is 2. The Balaban J connectivity index is 1.68. The lowest BCUT2D eigenvalue weighted by Gasteiger charge is -2.41. The number of fused-ring (bicyclic) bond motifs is 1. The van der Waals surface area contributed by atoms with Crippen molar-refractivity contribution in [1.29, 1.82) is 0 Å². The number of likely N-dealkylation sites (tertiary alicyclic amines) is 1. The maximum absolute atomic E-state index is 12.8. The van der Waals surface area contributed by atoms with Gasteiger partial charge in [0, 0.05) is 18.6 Å². The van der Waals surface area contributed by atoms with E-state index in [1.807, 2.05) is 39.5 Å². The van der Waals surface area contributed by atoms with Crippen LogP contribution in [0.25, 0.3) is 0 Å². The van der Waals surface area contributed by atoms with E-state index in [9.17, 15) is 14.1 Å². The minimum absolute atomic E-state index is 0.0217. The molecule has 2 amide bonds. The van der Waals surface area contributed by atoms with E-state index in [0.29, 0.717) is 44.1 Å². The molecule has 10 heteroatoms. The lowest BCUT2D eigenvalue weighted by Crippen LogP contribution is -2.55. The van der Waals surface area contributed by atoms with E-state index in [2.05, 4.69) is 15.4 Å². The van der Waals surface area contributed by atoms with Crippen LogP contribution in [0.4, 0.5) is 9.28 Å². The zero-order valence-electron chi connectivity index (χ0n) is 17.6. The summed E-state index contributed by atoms with van der Waals surface area (Å²) in [7, 11) is 0. The van der Waals surface area contributed by atoms with Crippen LogP contribution < -0.4 is 10.9 Å². The Morgan fingerprint density at radius 1 is 1.31 bits per heavy atom. The van der Waals surface area contributed by atoms with Gasteiger partial charge in [0.2, 0.25) is 0 Å². The number of carbonyl (C=O) groups excluding carboxylic acids is 2. The highest BCUT2D eigenvalue weighted by atomic mass is 19.2. The molecule has 0 spiro atoms. The highest BCUT2D eigenvalue weighted by molar-refractivity contribution is 6.25. The Labute approximate surface area is 170 Å². The molecule has 3 rings (SSSR count). The average molecular weight is 408 g/mol. The Hall–Kier alpha value is -2.65. The minimum atomic E-state index is -0.830. The number of hydrazone groups is 1. The van der Waals surface area contributed by atoms with Crippen molar-refractivity contribution in [2.45, 2.75) is 64.6 Å². The number of nitrogens with zero attached hydrogens (tertiary/aromatic N) is 4. The zero-order valence-corrected chi connectivity index (χ0v) is 17.6. The van der Waals surface area contributed by atoms with Crippen LogP contribution in [0.3, 0.4) is 0 Å². The van der Waals surface area contributed by atoms with Gasteiger partial charge in [-0.2, -0.15) is 10.6 Å². The Kier molecular flexibility index (Phi) is 5.55. The molecule has 3 heterocycles. The van der Waals surface area contributed by atoms with Crippen LogP contribution >= 0.6 is 0 Å². The van der Waals surface area contributed by atoms with Gasteiger partial charge < -0.3 is 15.0 Å². The number of piperidine rings is 1. The molecule has 0 aromatic carbocycles. The SMILES string of the molecule is C[C@@H]1CN2N=C(N3CCC(C)(NC(=O)OC(C)(C)C)CC3)C=C(C(=O)NF)C2=N1. The molecule has 2 N–H and O–H groups in total. The standard InChI is InChI=1S/C19H29FN6O3/c1-12-11-26-15(21-12)13(16(27)23-20)10-14(24-26)25-8-6-19(5,7-9-25)22-17(28)29-18(2,3)4/h10,12H,6-9,11H2,1-5H3,(H,22,28)(H,23,27)/t12-/m1/s1. The zero-order chi connectivity index (χ0) is 21.4. The average Bonchev–Trinajstić information content (AvgIpc) is 2.98. The molecule has 0 aromatic rings. The molecule has 0 aromatic heterocycles. The molecule has 0 radical (unpaired) electrons. The summed E-state index contributed by atoms with van der Waals surface area (Å²) in [5.74, 6) is 0.157. The van der Waals surface area contributed by atoms with Gasteiger partial charge in [-0.25, -0.2) is 9.80 Å². The normalized spacial score (nSPS) is 23.5. The van der Waals surface area contributed by atoms with Crippen LogP contribution in [0, 0.1) is 0 Å². The predicted molar refractivity (Wildman–Crippen MR) is 107 cm³/mol. The van der Waals surface area contributed by atoms with Crippen LogP contribution in [0.1, 0.15) is 47.5 Å². The van der Waals surface area contributed by atoms with Gasteiger partial charge in [-0.05, 0) is 53.5 Å². The third-order valence-corrected chi connectivity index (χ3v) is 5.09. The van der Waals surface area contributed by atoms with E-state index in [1.165, 1.54) is 5.54 Å². The number of aliphatic imine (C=N–C) groups is 1. The summed E-state index contributed by atoms with van der Waals surface area (Å²) < 4.78 is 18.2. The summed E-state index contributed by atoms with van der Waals surface area (Å²) in [4.78, 5) is 30.5. The van der Waals surface area contributed by atoms with Gasteiger partial charge in [0.05, 0.1) is 18.2 Å². The van der Waals surface area contributed by atoms with E-state index in [0.717, 1.165) is 0 Å². The van der Waals surface area contributed by atoms with Crippen LogP contribution in [0.5, 0.6) is 0 Å². The molecule has 29 heavy (non-hydrogen) atoms. The van der Waals surface area contributed by atoms with E-state index >= 15 is 0 Å². The first kappa shape index (κ1) is 21.1. The first-order chi connectivity index (χ1) is 13.5. The number of amidine groups is 2. The van der Waals surface area contributed by atoms with Gasteiger partial charge in [-0.1, -0.05) is 4.48 Å². The number of halogens is 1. The lowest BCUT2D eigenvalue weighted by atomic mass is 9.89. The number of alkyl carbamates (subject to hydrolysis) is 1. The third kappa shape index (κ3) is 4.86. The predicted octanol–water partition coefficient (Wildman–Crippen LogP) is 1.72. The second-order valence-electron chi connectivity index (χ2n) is 9.00. The summed E-state index contributed by atoms with van der Waals surface area (Å²) >= 11 is 0. The van der Waals surface area contributed by atoms with Gasteiger partial charge in [0.15, 0.2) is 5.84 Å². The van der Waals surface area contributed by atoms with Gasteiger partial charge in [-0.15, -0.1) is 0 Å². The largest absolute Gasteiger partial charge is 0.444 e. The van der Waals surface area contributed by atoms with Gasteiger partial charge in [0.25, 0.3) is 5.91 Å². The van der Waals surface area contributed by atoms with Gasteiger partial charge in [-0.3, -0.25) is 9.79 Å². The van der Waals surface area contributed by atoms with Gasteiger partial charge >= 0.3 is 6.09 Å². The number of carbonyl (C=O) groups is 2. The van der Waals surface area contributed by atoms with Crippen molar-refractivity contribution in [3.63, 3.8) is 0 Å². The monoisotopic (exact) mass is 408 g/mol. The fraction of sp³-hybridized carbons (Fsp3) is 0.684. The highest BCUT2D eigenvalue weighted by Crippen LogP contribution is 2.26. The number of hydrogen-bond donors (Lipinski definition) is 2. The van der Waals surface area contributed by atoms with E-state index in [1.54, 1.807) is 11.1 Å². The number of ether oxygens (including phenoxy) is 1. The van der Waals surface area contributed by atoms with Crippen molar-refractivity contribution < 1.29 is 18.8 Å². The maximum atomic E-state index is 12.8. The summed E-state index contributed by atoms with van der Waals surface area (Å²) in [6.07, 6.45) is 2.51. The first-order valence-electron chi connectivity index (χ1n) is 9.83. The maximum Gasteiger partial charge on any atom is 0.408 e. The Morgan fingerprint density at radius 2 is 1.97 bits per heavy atom. The second kappa shape index (κ2) is 7.64. The van der Waals surface area contributed by atoms with Crippen molar-refractivity contribution in [3.05, 3.63) is 11.6 Å². The number of amides is 2. The Bertz CT molecular complexity index is 777. The summed E-state index contributed by atoms with van der Waals surface area (Å²) in [6, 6.07) is -0.0217. The topological polar surface area (TPSA) is 98.6 Å². The van der Waals surface area contributed by atoms with E-state index in [4.69, 9.17) is 4.74 Å². The van der Waals surface area contributed by atoms with Crippen molar-refractivity contribution in [1.82, 2.24) is 20.8 Å². The molecule has 0 aliphatic carbocycles. The van der Waals surface area contributed by atoms with Crippen molar-refractivity contribution in [3.8, 4) is 0 Å². The molecular weight excluding hydrogens is 379 g/mol. The molecule has 1 fully saturated rings. The van der Waals surface area contributed by atoms with Crippen LogP contribution in [0.15, 0.2) is 21.7 Å². The number of hydrogen-bond acceptors (Lipinski definition) is 7. The molecule has 0 unspecified atom stereocenters.